The molecule has 5 nitrogen and oxygen atoms in total. The molecule has 0 aliphatic heterocycles. The minimum absolute atomic E-state index is 0.206. The third kappa shape index (κ3) is 4.70. The van der Waals surface area contributed by atoms with Crippen molar-refractivity contribution in [2.75, 3.05) is 0 Å². The van der Waals surface area contributed by atoms with Crippen LogP contribution in [0.1, 0.15) is 32.6 Å². The van der Waals surface area contributed by atoms with Crippen molar-refractivity contribution in [3.05, 3.63) is 119 Å². The number of aromatic carboxylic acids is 1. The van der Waals surface area contributed by atoms with Gasteiger partial charge in [-0.15, -0.1) is 5.10 Å². The molecule has 0 bridgehead atoms. The van der Waals surface area contributed by atoms with Gasteiger partial charge in [-0.3, -0.25) is 0 Å². The van der Waals surface area contributed by atoms with Gasteiger partial charge in [0, 0.05) is 6.42 Å². The van der Waals surface area contributed by atoms with Crippen LogP contribution in [-0.4, -0.2) is 26.1 Å². The van der Waals surface area contributed by atoms with Crippen LogP contribution in [0.2, 0.25) is 0 Å². The second-order valence-corrected chi connectivity index (χ2v) is 8.45. The molecule has 5 rings (SSSR count). The molecule has 4 aromatic carbocycles. The van der Waals surface area contributed by atoms with Gasteiger partial charge >= 0.3 is 12.1 Å². The molecule has 0 atom stereocenters. The lowest BCUT2D eigenvalue weighted by molar-refractivity contribution is -0.137. The fraction of sp³-hybridized carbons (Fsp3) is 0.107. The lowest BCUT2D eigenvalue weighted by Crippen LogP contribution is -2.08. The lowest BCUT2D eigenvalue weighted by Gasteiger charge is -2.12. The summed E-state index contributed by atoms with van der Waals surface area (Å²) in [6.45, 7) is 0.215. The summed E-state index contributed by atoms with van der Waals surface area (Å²) in [5.74, 6) is -1.02. The van der Waals surface area contributed by atoms with Crippen LogP contribution in [0, 0.1) is 0 Å². The number of hydrogen-bond acceptors (Lipinski definition) is 3. The number of nitrogens with zero attached hydrogens (tertiary/aromatic N) is 3. The van der Waals surface area contributed by atoms with E-state index in [1.165, 1.54) is 12.1 Å². The standard InChI is InChI=1S/C28H20F3N3O2/c29-28(30,31)23-12-10-18(11-13-23)17-34-26-22(14-20-8-4-5-9-24(20)27(35)36)15-21(16-25(26)32-33-34)19-6-2-1-3-7-19/h1-13,15-16H,14,17H2,(H,35,36). The molecule has 0 aliphatic rings. The number of carbonyl (C=O) groups is 1. The number of benzene rings is 4. The van der Waals surface area contributed by atoms with E-state index in [0.717, 1.165) is 28.8 Å². The summed E-state index contributed by atoms with van der Waals surface area (Å²) >= 11 is 0. The normalized spacial score (nSPS) is 11.6. The number of aromatic nitrogens is 3. The summed E-state index contributed by atoms with van der Waals surface area (Å²) in [5, 5.41) is 18.3. The monoisotopic (exact) mass is 487 g/mol. The second-order valence-electron chi connectivity index (χ2n) is 8.45. The topological polar surface area (TPSA) is 68.0 Å². The first-order chi connectivity index (χ1) is 17.3. The van der Waals surface area contributed by atoms with E-state index in [-0.39, 0.29) is 12.1 Å². The van der Waals surface area contributed by atoms with Gasteiger partial charge in [-0.1, -0.05) is 65.9 Å². The highest BCUT2D eigenvalue weighted by Crippen LogP contribution is 2.31. The Hall–Kier alpha value is -4.46. The fourth-order valence-corrected chi connectivity index (χ4v) is 4.30. The van der Waals surface area contributed by atoms with Crippen LogP contribution in [0.5, 0.6) is 0 Å². The summed E-state index contributed by atoms with van der Waals surface area (Å²) in [5.41, 5.74) is 4.79. The Labute approximate surface area is 204 Å². The van der Waals surface area contributed by atoms with Crippen molar-refractivity contribution in [2.24, 2.45) is 0 Å². The summed E-state index contributed by atoms with van der Waals surface area (Å²) in [4.78, 5) is 11.8. The molecule has 1 N–H and O–H groups in total. The first-order valence-electron chi connectivity index (χ1n) is 11.2. The van der Waals surface area contributed by atoms with Gasteiger partial charge < -0.3 is 5.11 Å². The van der Waals surface area contributed by atoms with E-state index in [4.69, 9.17) is 0 Å². The van der Waals surface area contributed by atoms with Gasteiger partial charge in [-0.25, -0.2) is 9.48 Å². The van der Waals surface area contributed by atoms with Crippen molar-refractivity contribution in [3.8, 4) is 11.1 Å². The average Bonchev–Trinajstić information content (AvgIpc) is 3.27. The molecule has 0 saturated heterocycles. The third-order valence-corrected chi connectivity index (χ3v) is 6.04. The van der Waals surface area contributed by atoms with Crippen molar-refractivity contribution in [1.29, 1.82) is 0 Å². The Morgan fingerprint density at radius 2 is 1.53 bits per heavy atom. The maximum atomic E-state index is 13.0. The van der Waals surface area contributed by atoms with Crippen molar-refractivity contribution in [2.45, 2.75) is 19.1 Å². The number of halogens is 3. The number of carboxylic acids is 1. The Morgan fingerprint density at radius 3 is 2.22 bits per heavy atom. The molecule has 0 unspecified atom stereocenters. The molecule has 0 amide bonds. The third-order valence-electron chi connectivity index (χ3n) is 6.04. The zero-order valence-corrected chi connectivity index (χ0v) is 18.9. The Kier molecular flexibility index (Phi) is 6.01. The van der Waals surface area contributed by atoms with Crippen molar-refractivity contribution >= 4 is 17.0 Å². The predicted molar refractivity (Wildman–Crippen MR) is 130 cm³/mol. The van der Waals surface area contributed by atoms with E-state index < -0.39 is 17.7 Å². The van der Waals surface area contributed by atoms with Gasteiger partial charge in [0.05, 0.1) is 23.2 Å². The summed E-state index contributed by atoms with van der Waals surface area (Å²) in [7, 11) is 0. The van der Waals surface area contributed by atoms with Crippen LogP contribution in [-0.2, 0) is 19.1 Å². The van der Waals surface area contributed by atoms with Gasteiger partial charge in [0.1, 0.15) is 5.52 Å². The van der Waals surface area contributed by atoms with Gasteiger partial charge in [-0.2, -0.15) is 13.2 Å². The molecule has 0 radical (unpaired) electrons. The molecule has 1 aromatic heterocycles. The highest BCUT2D eigenvalue weighted by molar-refractivity contribution is 5.90. The Balaban J connectivity index is 1.61. The smallest absolute Gasteiger partial charge is 0.416 e. The van der Waals surface area contributed by atoms with Crippen LogP contribution in [0.25, 0.3) is 22.2 Å². The van der Waals surface area contributed by atoms with Gasteiger partial charge in [0.25, 0.3) is 0 Å². The fourth-order valence-electron chi connectivity index (χ4n) is 4.30. The van der Waals surface area contributed by atoms with Gasteiger partial charge in [0.15, 0.2) is 0 Å². The molecule has 8 heteroatoms. The predicted octanol–water partition coefficient (Wildman–Crippen LogP) is 6.45. The Bertz CT molecular complexity index is 1540. The zero-order chi connectivity index (χ0) is 25.3. The number of rotatable bonds is 6. The summed E-state index contributed by atoms with van der Waals surface area (Å²) < 4.78 is 40.5. The number of hydrogen-bond donors (Lipinski definition) is 1. The molecule has 0 aliphatic carbocycles. The van der Waals surface area contributed by atoms with Gasteiger partial charge in [-0.05, 0) is 58.1 Å². The zero-order valence-electron chi connectivity index (χ0n) is 18.9. The quantitative estimate of drug-likeness (QED) is 0.299. The van der Waals surface area contributed by atoms with Crippen LogP contribution < -0.4 is 0 Å². The Morgan fingerprint density at radius 1 is 0.833 bits per heavy atom. The first kappa shape index (κ1) is 23.3. The van der Waals surface area contributed by atoms with Crippen LogP contribution in [0.15, 0.2) is 91.0 Å². The van der Waals surface area contributed by atoms with E-state index >= 15 is 0 Å². The maximum absolute atomic E-state index is 13.0. The molecule has 36 heavy (non-hydrogen) atoms. The van der Waals surface area contributed by atoms with Crippen LogP contribution in [0.3, 0.4) is 0 Å². The largest absolute Gasteiger partial charge is 0.478 e. The van der Waals surface area contributed by atoms with Crippen LogP contribution in [0.4, 0.5) is 13.2 Å². The minimum Gasteiger partial charge on any atom is -0.478 e. The molecule has 0 spiro atoms. The average molecular weight is 487 g/mol. The SMILES string of the molecule is O=C(O)c1ccccc1Cc1cc(-c2ccccc2)cc2nnn(Cc3ccc(C(F)(F)F)cc3)c12. The van der Waals surface area contributed by atoms with Crippen molar-refractivity contribution < 1.29 is 23.1 Å². The van der Waals surface area contributed by atoms with Gasteiger partial charge in [0.2, 0.25) is 0 Å². The minimum atomic E-state index is -4.41. The molecule has 180 valence electrons. The molecule has 0 fully saturated rings. The van der Waals surface area contributed by atoms with Crippen molar-refractivity contribution in [3.63, 3.8) is 0 Å². The molecular weight excluding hydrogens is 467 g/mol. The molecule has 5 aromatic rings. The molecular formula is C28H20F3N3O2. The number of alkyl halides is 3. The maximum Gasteiger partial charge on any atom is 0.416 e. The second kappa shape index (κ2) is 9.30. The summed E-state index contributed by atoms with van der Waals surface area (Å²) in [6, 6.07) is 25.4. The highest BCUT2D eigenvalue weighted by Gasteiger charge is 2.30. The van der Waals surface area contributed by atoms with Crippen molar-refractivity contribution in [1.82, 2.24) is 15.0 Å². The number of carboxylic acid groups (broad SMARTS) is 1. The van der Waals surface area contributed by atoms with Crippen LogP contribution >= 0.6 is 0 Å². The highest BCUT2D eigenvalue weighted by atomic mass is 19.4. The molecule has 1 heterocycles. The van der Waals surface area contributed by atoms with E-state index in [1.54, 1.807) is 28.9 Å². The first-order valence-corrected chi connectivity index (χ1v) is 11.2. The van der Waals surface area contributed by atoms with E-state index in [9.17, 15) is 23.1 Å². The molecule has 0 saturated carbocycles. The summed E-state index contributed by atoms with van der Waals surface area (Å²) in [6.07, 6.45) is -4.09. The lowest BCUT2D eigenvalue weighted by atomic mass is 9.95. The van der Waals surface area contributed by atoms with E-state index in [1.807, 2.05) is 42.5 Å². The van der Waals surface area contributed by atoms with E-state index in [2.05, 4.69) is 10.3 Å². The van der Waals surface area contributed by atoms with E-state index in [0.29, 0.717) is 28.6 Å². The number of fused-ring (bicyclic) bond motifs is 1.